The van der Waals surface area contributed by atoms with Crippen LogP contribution in [0.5, 0.6) is 0 Å². The highest BCUT2D eigenvalue weighted by Gasteiger charge is 2.24. The first-order chi connectivity index (χ1) is 7.15. The van der Waals surface area contributed by atoms with Crippen molar-refractivity contribution in [3.63, 3.8) is 0 Å². The number of hydrogen-bond acceptors (Lipinski definition) is 3. The molecule has 4 nitrogen and oxygen atoms in total. The molecular formula is C11H23N3O. The third-order valence-electron chi connectivity index (χ3n) is 3.21. The molecule has 2 atom stereocenters. The van der Waals surface area contributed by atoms with E-state index in [1.165, 1.54) is 32.1 Å². The fraction of sp³-hybridized carbons (Fsp3) is 0.909. The van der Waals surface area contributed by atoms with Crippen LogP contribution in [0.25, 0.3) is 0 Å². The van der Waals surface area contributed by atoms with Gasteiger partial charge in [-0.05, 0) is 25.7 Å². The first-order valence-electron chi connectivity index (χ1n) is 5.91. The Morgan fingerprint density at radius 2 is 2.00 bits per heavy atom. The zero-order valence-electron chi connectivity index (χ0n) is 9.54. The maximum atomic E-state index is 11.5. The van der Waals surface area contributed by atoms with Gasteiger partial charge in [0.25, 0.3) is 0 Å². The molecule has 0 radical (unpaired) electrons. The molecule has 0 aromatic heterocycles. The van der Waals surface area contributed by atoms with Gasteiger partial charge in [0.15, 0.2) is 0 Å². The van der Waals surface area contributed by atoms with E-state index < -0.39 is 6.04 Å². The topological polar surface area (TPSA) is 81.1 Å². The van der Waals surface area contributed by atoms with Crippen molar-refractivity contribution in [1.29, 1.82) is 0 Å². The van der Waals surface area contributed by atoms with Gasteiger partial charge in [-0.3, -0.25) is 4.79 Å². The van der Waals surface area contributed by atoms with Crippen LogP contribution in [0.3, 0.4) is 0 Å². The van der Waals surface area contributed by atoms with Gasteiger partial charge in [-0.2, -0.15) is 0 Å². The number of nitrogens with two attached hydrogens (primary N) is 2. The van der Waals surface area contributed by atoms with E-state index in [0.29, 0.717) is 12.5 Å². The summed E-state index contributed by atoms with van der Waals surface area (Å²) in [5.41, 5.74) is 11.2. The van der Waals surface area contributed by atoms with Gasteiger partial charge in [0.05, 0.1) is 6.04 Å². The van der Waals surface area contributed by atoms with E-state index >= 15 is 0 Å². The molecule has 1 amide bonds. The van der Waals surface area contributed by atoms with Gasteiger partial charge in [-0.15, -0.1) is 0 Å². The third kappa shape index (κ3) is 3.80. The van der Waals surface area contributed by atoms with Crippen LogP contribution >= 0.6 is 0 Å². The quantitative estimate of drug-likeness (QED) is 0.630. The second-order valence-corrected chi connectivity index (χ2v) is 4.54. The second-order valence-electron chi connectivity index (χ2n) is 4.54. The molecule has 0 heterocycles. The third-order valence-corrected chi connectivity index (χ3v) is 3.21. The lowest BCUT2D eigenvalue weighted by molar-refractivity contribution is -0.123. The summed E-state index contributed by atoms with van der Waals surface area (Å²) < 4.78 is 0. The van der Waals surface area contributed by atoms with Crippen molar-refractivity contribution in [1.82, 2.24) is 5.32 Å². The van der Waals surface area contributed by atoms with Crippen LogP contribution in [0.4, 0.5) is 0 Å². The number of carbonyl (C=O) groups is 1. The van der Waals surface area contributed by atoms with Gasteiger partial charge < -0.3 is 16.8 Å². The highest BCUT2D eigenvalue weighted by Crippen LogP contribution is 2.26. The summed E-state index contributed by atoms with van der Waals surface area (Å²) in [6, 6.07) is -0.327. The van der Waals surface area contributed by atoms with Crippen molar-refractivity contribution >= 4 is 5.91 Å². The summed E-state index contributed by atoms with van der Waals surface area (Å²) in [6.07, 6.45) is 6.20. The Morgan fingerprint density at radius 3 is 2.47 bits per heavy atom. The van der Waals surface area contributed by atoms with Crippen LogP contribution in [0.1, 0.15) is 39.0 Å². The lowest BCUT2D eigenvalue weighted by Gasteiger charge is -2.30. The van der Waals surface area contributed by atoms with E-state index in [4.69, 9.17) is 11.5 Å². The molecule has 1 aliphatic rings. The molecule has 0 aromatic rings. The van der Waals surface area contributed by atoms with Gasteiger partial charge in [0.1, 0.15) is 0 Å². The summed E-state index contributed by atoms with van der Waals surface area (Å²) >= 11 is 0. The molecule has 1 aliphatic carbocycles. The van der Waals surface area contributed by atoms with Crippen LogP contribution < -0.4 is 16.8 Å². The van der Waals surface area contributed by atoms with E-state index in [2.05, 4.69) is 5.32 Å². The lowest BCUT2D eigenvalue weighted by Crippen LogP contribution is -2.50. The van der Waals surface area contributed by atoms with Crippen LogP contribution in [-0.2, 0) is 4.79 Å². The molecule has 15 heavy (non-hydrogen) atoms. The number of rotatable bonds is 4. The van der Waals surface area contributed by atoms with Crippen LogP contribution in [0.2, 0.25) is 0 Å². The minimum Gasteiger partial charge on any atom is -0.350 e. The molecular weight excluding hydrogens is 190 g/mol. The molecule has 2 unspecified atom stereocenters. The molecule has 0 bridgehead atoms. The van der Waals surface area contributed by atoms with Crippen LogP contribution in [0, 0.1) is 5.92 Å². The fourth-order valence-electron chi connectivity index (χ4n) is 2.22. The van der Waals surface area contributed by atoms with E-state index in [1.807, 2.05) is 0 Å². The Hall–Kier alpha value is -0.610. The van der Waals surface area contributed by atoms with Crippen molar-refractivity contribution in [3.05, 3.63) is 0 Å². The molecule has 88 valence electrons. The summed E-state index contributed by atoms with van der Waals surface area (Å²) in [6.45, 7) is 2.22. The Kier molecular flexibility index (Phi) is 5.05. The summed E-state index contributed by atoms with van der Waals surface area (Å²) in [4.78, 5) is 11.5. The number of carbonyl (C=O) groups excluding carboxylic acids is 1. The molecule has 4 heteroatoms. The largest absolute Gasteiger partial charge is 0.350 e. The van der Waals surface area contributed by atoms with Crippen molar-refractivity contribution in [2.24, 2.45) is 17.4 Å². The number of nitrogens with one attached hydrogen (secondary N) is 1. The summed E-state index contributed by atoms with van der Waals surface area (Å²) in [5, 5.41) is 2.95. The highest BCUT2D eigenvalue weighted by atomic mass is 16.2. The van der Waals surface area contributed by atoms with E-state index in [9.17, 15) is 4.79 Å². The zero-order chi connectivity index (χ0) is 11.3. The Labute approximate surface area is 91.8 Å². The minimum atomic E-state index is -0.442. The van der Waals surface area contributed by atoms with Crippen LogP contribution in [-0.4, -0.2) is 24.5 Å². The Morgan fingerprint density at radius 1 is 1.40 bits per heavy atom. The zero-order valence-corrected chi connectivity index (χ0v) is 9.54. The van der Waals surface area contributed by atoms with Gasteiger partial charge >= 0.3 is 0 Å². The number of amides is 1. The molecule has 0 saturated heterocycles. The minimum absolute atomic E-state index is 0.0870. The van der Waals surface area contributed by atoms with E-state index in [1.54, 1.807) is 6.92 Å². The molecule has 1 rings (SSSR count). The number of hydrogen-bond donors (Lipinski definition) is 3. The van der Waals surface area contributed by atoms with Gasteiger partial charge in [0.2, 0.25) is 5.91 Å². The van der Waals surface area contributed by atoms with Gasteiger partial charge in [-0.1, -0.05) is 19.3 Å². The van der Waals surface area contributed by atoms with Crippen molar-refractivity contribution in [2.45, 2.75) is 51.1 Å². The Balaban J connectivity index is 2.43. The second kappa shape index (κ2) is 6.08. The maximum absolute atomic E-state index is 11.5. The first-order valence-corrected chi connectivity index (χ1v) is 5.91. The van der Waals surface area contributed by atoms with E-state index in [-0.39, 0.29) is 11.9 Å². The predicted molar refractivity (Wildman–Crippen MR) is 61.2 cm³/mol. The summed E-state index contributed by atoms with van der Waals surface area (Å²) in [5.74, 6) is 0.461. The fourth-order valence-corrected chi connectivity index (χ4v) is 2.22. The molecule has 5 N–H and O–H groups in total. The first kappa shape index (κ1) is 12.5. The molecule has 1 saturated carbocycles. The lowest BCUT2D eigenvalue weighted by atomic mass is 9.84. The van der Waals surface area contributed by atoms with Crippen molar-refractivity contribution < 1.29 is 4.79 Å². The monoisotopic (exact) mass is 213 g/mol. The van der Waals surface area contributed by atoms with Gasteiger partial charge in [0, 0.05) is 12.6 Å². The standard InChI is InChI=1S/C11H23N3O/c1-8(13)11(15)14-10(7-12)9-5-3-2-4-6-9/h8-10H,2-7,12-13H2,1H3,(H,14,15). The Bertz CT molecular complexity index is 200. The van der Waals surface area contributed by atoms with Crippen LogP contribution in [0.15, 0.2) is 0 Å². The van der Waals surface area contributed by atoms with Crippen molar-refractivity contribution in [3.8, 4) is 0 Å². The smallest absolute Gasteiger partial charge is 0.236 e. The molecule has 0 aliphatic heterocycles. The highest BCUT2D eigenvalue weighted by molar-refractivity contribution is 5.81. The normalized spacial score (nSPS) is 22.1. The van der Waals surface area contributed by atoms with E-state index in [0.717, 1.165) is 0 Å². The average Bonchev–Trinajstić information content (AvgIpc) is 2.26. The SMILES string of the molecule is CC(N)C(=O)NC(CN)C1CCCCC1. The predicted octanol–water partition coefficient (Wildman–Crippen LogP) is 0.357. The average molecular weight is 213 g/mol. The summed E-state index contributed by atoms with van der Waals surface area (Å²) in [7, 11) is 0. The molecule has 0 spiro atoms. The molecule has 0 aromatic carbocycles. The molecule has 1 fully saturated rings. The maximum Gasteiger partial charge on any atom is 0.236 e. The van der Waals surface area contributed by atoms with Crippen molar-refractivity contribution in [2.75, 3.05) is 6.54 Å². The van der Waals surface area contributed by atoms with Gasteiger partial charge in [-0.25, -0.2) is 0 Å².